The van der Waals surface area contributed by atoms with E-state index in [4.69, 9.17) is 27.2 Å². The first-order valence-electron chi connectivity index (χ1n) is 20.4. The smallest absolute Gasteiger partial charge is 0.409 e. The van der Waals surface area contributed by atoms with Crippen LogP contribution in [0.25, 0.3) is 11.2 Å². The second-order valence-electron chi connectivity index (χ2n) is 14.4. The van der Waals surface area contributed by atoms with Gasteiger partial charge in [-0.25, -0.2) is 19.6 Å². The van der Waals surface area contributed by atoms with Gasteiger partial charge < -0.3 is 46.6 Å². The Bertz CT molecular complexity index is 2200. The van der Waals surface area contributed by atoms with Crippen LogP contribution in [0.4, 0.5) is 16.4 Å². The topological polar surface area (TPSA) is 343 Å². The number of aromatic nitrogens is 4. The Morgan fingerprint density at radius 1 is 0.908 bits per heavy atom. The summed E-state index contributed by atoms with van der Waals surface area (Å²) in [5.41, 5.74) is 6.14. The third-order valence-corrected chi connectivity index (χ3v) is 11.9. The Balaban J connectivity index is 1.46. The van der Waals surface area contributed by atoms with E-state index in [-0.39, 0.29) is 66.7 Å². The Morgan fingerprint density at radius 2 is 1.65 bits per heavy atom. The number of ketones is 2. The lowest BCUT2D eigenvalue weighted by atomic mass is 9.94. The van der Waals surface area contributed by atoms with Crippen molar-refractivity contribution in [1.82, 2.24) is 35.5 Å². The molecule has 0 saturated carbocycles. The number of carbonyl (C=O) groups excluding carboxylic acids is 5. The minimum atomic E-state index is -1.50. The molecule has 354 valence electrons. The number of rotatable bonds is 31. The number of nitrogens with zero attached hydrogens (tertiary/aromatic N) is 4. The van der Waals surface area contributed by atoms with Crippen molar-refractivity contribution in [3.63, 3.8) is 0 Å². The zero-order valence-electron chi connectivity index (χ0n) is 35.4. The number of unbranched alkanes of at least 4 members (excludes halogenated alkanes) is 1. The molecule has 2 aromatic heterocycles. The van der Waals surface area contributed by atoms with Crippen molar-refractivity contribution in [1.29, 1.82) is 0 Å². The predicted molar refractivity (Wildman–Crippen MR) is 242 cm³/mol. The van der Waals surface area contributed by atoms with Gasteiger partial charge in [0, 0.05) is 67.4 Å². The molecule has 3 unspecified atom stereocenters. The standard InChI is InChI=1S/C40H52ClN9O13S2/c1-2-3-15-50(16-14-41)40(62)63-17-18-64-65-22-29(30(52)11-13-32(54)55)46-31(53)12-6-24(37(58)59)19-27(51)9-10-28(38(60)61)47-35(56)23-4-7-25(8-5-23)43-20-26-21-44-34-33(45-26)36(57)49-39(42)48-34/h4-5,7-8,21,24,28-29,43H,2-3,6,9-20,22H2,1H3,(H,46,53)(H,47,56)(H,54,55)(H,58,59)(H,60,61)(H3,42,44,48,49,57). The number of nitrogens with one attached hydrogen (secondary N) is 4. The molecule has 0 saturated heterocycles. The molecule has 0 aliphatic rings. The molecule has 3 aromatic rings. The molecule has 0 aliphatic heterocycles. The van der Waals surface area contributed by atoms with Crippen LogP contribution in [0.5, 0.6) is 0 Å². The third-order valence-electron chi connectivity index (χ3n) is 9.38. The summed E-state index contributed by atoms with van der Waals surface area (Å²) < 4.78 is 5.30. The minimum Gasteiger partial charge on any atom is -0.481 e. The van der Waals surface area contributed by atoms with Gasteiger partial charge in [-0.3, -0.25) is 38.5 Å². The van der Waals surface area contributed by atoms with E-state index in [1.165, 1.54) is 44.8 Å². The molecule has 0 fully saturated rings. The van der Waals surface area contributed by atoms with E-state index in [0.717, 1.165) is 12.8 Å². The lowest BCUT2D eigenvalue weighted by Gasteiger charge is -2.21. The molecule has 65 heavy (non-hydrogen) atoms. The molecule has 3 atom stereocenters. The summed E-state index contributed by atoms with van der Waals surface area (Å²) in [6, 6.07) is 3.36. The quantitative estimate of drug-likeness (QED) is 0.0261. The number of hydrogen-bond acceptors (Lipinski definition) is 17. The molecule has 0 spiro atoms. The highest BCUT2D eigenvalue weighted by atomic mass is 35.5. The molecule has 22 nitrogen and oxygen atoms in total. The van der Waals surface area contributed by atoms with Crippen molar-refractivity contribution < 1.29 is 58.4 Å². The highest BCUT2D eigenvalue weighted by Gasteiger charge is 2.27. The van der Waals surface area contributed by atoms with Crippen LogP contribution in [0.1, 0.15) is 80.8 Å². The molecule has 3 amide bonds. The summed E-state index contributed by atoms with van der Waals surface area (Å²) in [7, 11) is 2.44. The van der Waals surface area contributed by atoms with Crippen molar-refractivity contribution in [2.45, 2.75) is 83.3 Å². The first-order valence-corrected chi connectivity index (χ1v) is 23.4. The number of ether oxygens (including phenoxy) is 1. The first kappa shape index (κ1) is 53.3. The van der Waals surface area contributed by atoms with Crippen LogP contribution in [0.3, 0.4) is 0 Å². The Hall–Kier alpha value is -6.01. The van der Waals surface area contributed by atoms with Crippen LogP contribution in [0.2, 0.25) is 0 Å². The van der Waals surface area contributed by atoms with Gasteiger partial charge in [0.25, 0.3) is 11.5 Å². The van der Waals surface area contributed by atoms with Gasteiger partial charge in [0.05, 0.1) is 36.8 Å². The molecule has 25 heteroatoms. The molecule has 9 N–H and O–H groups in total. The molecule has 3 rings (SSSR count). The number of carbonyl (C=O) groups is 8. The molecular weight excluding hydrogens is 914 g/mol. The molecule has 0 bridgehead atoms. The summed E-state index contributed by atoms with van der Waals surface area (Å²) in [6.45, 7) is 3.06. The molecule has 2 heterocycles. The van der Waals surface area contributed by atoms with E-state index in [1.54, 1.807) is 12.1 Å². The number of aliphatic carboxylic acids is 3. The zero-order chi connectivity index (χ0) is 47.9. The third kappa shape index (κ3) is 19.3. The molecule has 1 aromatic carbocycles. The summed E-state index contributed by atoms with van der Waals surface area (Å²) in [6.07, 6.45) is -0.231. The van der Waals surface area contributed by atoms with Crippen LogP contribution in [0.15, 0.2) is 35.3 Å². The average molecular weight is 966 g/mol. The minimum absolute atomic E-state index is 0.00442. The largest absolute Gasteiger partial charge is 0.481 e. The summed E-state index contributed by atoms with van der Waals surface area (Å²) in [4.78, 5) is 127. The number of nitrogen functional groups attached to an aromatic ring is 1. The second-order valence-corrected chi connectivity index (χ2v) is 17.4. The van der Waals surface area contributed by atoms with Gasteiger partial charge in [0.2, 0.25) is 11.9 Å². The fourth-order valence-corrected chi connectivity index (χ4v) is 8.08. The number of H-pyrrole nitrogens is 1. The summed E-state index contributed by atoms with van der Waals surface area (Å²) in [5.74, 6) is -7.44. The number of nitrogens with two attached hydrogens (primary N) is 1. The van der Waals surface area contributed by atoms with E-state index < -0.39 is 96.6 Å². The van der Waals surface area contributed by atoms with E-state index in [9.17, 15) is 53.4 Å². The van der Waals surface area contributed by atoms with Crippen LogP contribution in [-0.2, 0) is 40.0 Å². The van der Waals surface area contributed by atoms with Crippen molar-refractivity contribution in [2.75, 3.05) is 48.1 Å². The number of Topliss-reactive ketones (excluding diaryl/α,β-unsaturated/α-hetero) is 2. The van der Waals surface area contributed by atoms with Crippen molar-refractivity contribution in [3.8, 4) is 0 Å². The van der Waals surface area contributed by atoms with Gasteiger partial charge in [-0.05, 0) is 43.5 Å². The number of carboxylic acids is 3. The lowest BCUT2D eigenvalue weighted by Crippen LogP contribution is -2.43. The van der Waals surface area contributed by atoms with E-state index >= 15 is 0 Å². The zero-order valence-corrected chi connectivity index (χ0v) is 37.8. The number of fused-ring (bicyclic) bond motifs is 1. The maximum atomic E-state index is 12.9. The second kappa shape index (κ2) is 28.0. The van der Waals surface area contributed by atoms with E-state index in [0.29, 0.717) is 30.2 Å². The molecule has 0 radical (unpaired) electrons. The van der Waals surface area contributed by atoms with Crippen LogP contribution in [0, 0.1) is 5.92 Å². The monoisotopic (exact) mass is 965 g/mol. The number of halogens is 1. The number of carboxylic acid groups (broad SMARTS) is 3. The number of alkyl halides is 1. The van der Waals surface area contributed by atoms with Gasteiger partial charge >= 0.3 is 24.0 Å². The van der Waals surface area contributed by atoms with Gasteiger partial charge in [0.15, 0.2) is 16.9 Å². The van der Waals surface area contributed by atoms with Crippen molar-refractivity contribution >= 4 is 103 Å². The Labute approximate surface area is 385 Å². The Morgan fingerprint density at radius 3 is 2.31 bits per heavy atom. The lowest BCUT2D eigenvalue weighted by molar-refractivity contribution is -0.144. The predicted octanol–water partition coefficient (Wildman–Crippen LogP) is 3.09. The molecule has 0 aliphatic carbocycles. The van der Waals surface area contributed by atoms with Crippen LogP contribution >= 0.6 is 33.2 Å². The molecular formula is C40H52ClN9O13S2. The van der Waals surface area contributed by atoms with E-state index in [2.05, 4.69) is 35.9 Å². The SMILES string of the molecule is CCCCN(CCCl)C(=O)OCCSSCC(NC(=O)CCC(CC(=O)CCC(NC(=O)c1ccc(NCc2cnc3nc(N)[nH]c(=O)c3n2)cc1)C(=O)O)C(=O)O)C(=O)CCC(=O)O. The van der Waals surface area contributed by atoms with Gasteiger partial charge in [0.1, 0.15) is 18.4 Å². The van der Waals surface area contributed by atoms with Gasteiger partial charge in [-0.15, -0.1) is 11.6 Å². The highest BCUT2D eigenvalue weighted by Crippen LogP contribution is 2.23. The number of amides is 3. The normalized spacial score (nSPS) is 12.3. The number of hydrogen-bond donors (Lipinski definition) is 8. The number of anilines is 2. The van der Waals surface area contributed by atoms with Gasteiger partial charge in [-0.1, -0.05) is 34.9 Å². The van der Waals surface area contributed by atoms with Crippen LogP contribution in [-0.4, -0.2) is 137 Å². The van der Waals surface area contributed by atoms with Gasteiger partial charge in [-0.2, -0.15) is 4.98 Å². The average Bonchev–Trinajstić information content (AvgIpc) is 3.26. The van der Waals surface area contributed by atoms with Crippen molar-refractivity contribution in [3.05, 3.63) is 52.1 Å². The maximum absolute atomic E-state index is 12.9. The maximum Gasteiger partial charge on any atom is 0.409 e. The fraction of sp³-hybridized carbons (Fsp3) is 0.500. The van der Waals surface area contributed by atoms with Crippen molar-refractivity contribution in [2.24, 2.45) is 5.92 Å². The summed E-state index contributed by atoms with van der Waals surface area (Å²) in [5, 5.41) is 36.6. The highest BCUT2D eigenvalue weighted by molar-refractivity contribution is 8.76. The van der Waals surface area contributed by atoms with E-state index in [1.807, 2.05) is 6.92 Å². The first-order chi connectivity index (χ1) is 31.0. The number of aromatic amines is 1. The number of benzene rings is 1. The summed E-state index contributed by atoms with van der Waals surface area (Å²) >= 11 is 5.79. The Kier molecular flexibility index (Phi) is 23.0. The fourth-order valence-electron chi connectivity index (χ4n) is 5.85. The van der Waals surface area contributed by atoms with Crippen LogP contribution < -0.4 is 27.2 Å².